The molecule has 7 nitrogen and oxygen atoms in total. The molecular formula is C30H33ClN2O5. The van der Waals surface area contributed by atoms with Gasteiger partial charge in [0.15, 0.2) is 6.61 Å². The van der Waals surface area contributed by atoms with E-state index < -0.39 is 5.60 Å². The molecule has 0 bridgehead atoms. The van der Waals surface area contributed by atoms with Crippen LogP contribution in [0.3, 0.4) is 0 Å². The summed E-state index contributed by atoms with van der Waals surface area (Å²) in [7, 11) is 1.77. The summed E-state index contributed by atoms with van der Waals surface area (Å²) in [6, 6.07) is 24.4. The summed E-state index contributed by atoms with van der Waals surface area (Å²) in [4.78, 5) is 29.8. The zero-order chi connectivity index (χ0) is 27.0. The summed E-state index contributed by atoms with van der Waals surface area (Å²) in [6.07, 6.45) is 0.0619. The fourth-order valence-electron chi connectivity index (χ4n) is 4.35. The summed E-state index contributed by atoms with van der Waals surface area (Å²) in [5, 5.41) is 0.601. The third-order valence-corrected chi connectivity index (χ3v) is 6.78. The first kappa shape index (κ1) is 27.5. The lowest BCUT2D eigenvalue weighted by molar-refractivity contribution is -0.166. The first-order valence-corrected chi connectivity index (χ1v) is 13.0. The monoisotopic (exact) mass is 536 g/mol. The van der Waals surface area contributed by atoms with Crippen molar-refractivity contribution in [1.82, 2.24) is 9.80 Å². The van der Waals surface area contributed by atoms with Crippen LogP contribution in [0, 0.1) is 6.92 Å². The molecule has 0 spiro atoms. The van der Waals surface area contributed by atoms with E-state index in [-0.39, 0.29) is 44.6 Å². The molecule has 1 unspecified atom stereocenters. The van der Waals surface area contributed by atoms with Gasteiger partial charge in [0, 0.05) is 25.2 Å². The van der Waals surface area contributed by atoms with Crippen LogP contribution in [0.5, 0.6) is 11.5 Å². The number of carbonyl (C=O) groups excluding carboxylic acids is 2. The van der Waals surface area contributed by atoms with E-state index in [0.717, 1.165) is 11.1 Å². The topological polar surface area (TPSA) is 68.3 Å². The third kappa shape index (κ3) is 7.49. The van der Waals surface area contributed by atoms with E-state index in [1.807, 2.05) is 61.5 Å². The minimum absolute atomic E-state index is 0.0619. The molecule has 0 aromatic heterocycles. The normalized spacial score (nSPS) is 17.1. The van der Waals surface area contributed by atoms with Crippen molar-refractivity contribution in [2.45, 2.75) is 25.5 Å². The molecule has 1 atom stereocenters. The van der Waals surface area contributed by atoms with Gasteiger partial charge in [-0.2, -0.15) is 0 Å². The SMILES string of the molecule is Cc1ccccc1OCC(=O)N1CCOC(COc2ccc(Cl)cc2)(CC(=O)N(C)Cc2ccccc2)C1. The molecule has 200 valence electrons. The zero-order valence-corrected chi connectivity index (χ0v) is 22.5. The predicted molar refractivity (Wildman–Crippen MR) is 146 cm³/mol. The minimum atomic E-state index is -1.02. The predicted octanol–water partition coefficient (Wildman–Crippen LogP) is 4.75. The van der Waals surface area contributed by atoms with Crippen molar-refractivity contribution < 1.29 is 23.8 Å². The van der Waals surface area contributed by atoms with Gasteiger partial charge in [-0.25, -0.2) is 0 Å². The Balaban J connectivity index is 1.46. The largest absolute Gasteiger partial charge is 0.490 e. The van der Waals surface area contributed by atoms with E-state index in [4.69, 9.17) is 25.8 Å². The Morgan fingerprint density at radius 1 is 1.00 bits per heavy atom. The van der Waals surface area contributed by atoms with Gasteiger partial charge in [0.2, 0.25) is 5.91 Å². The van der Waals surface area contributed by atoms with Crippen molar-refractivity contribution in [3.63, 3.8) is 0 Å². The van der Waals surface area contributed by atoms with E-state index in [0.29, 0.717) is 29.6 Å². The Morgan fingerprint density at radius 2 is 1.71 bits per heavy atom. The van der Waals surface area contributed by atoms with E-state index in [1.165, 1.54) is 0 Å². The van der Waals surface area contributed by atoms with Gasteiger partial charge in [-0.05, 0) is 48.4 Å². The van der Waals surface area contributed by atoms with Gasteiger partial charge < -0.3 is 24.0 Å². The van der Waals surface area contributed by atoms with Crippen molar-refractivity contribution >= 4 is 23.4 Å². The van der Waals surface area contributed by atoms with Gasteiger partial charge in [-0.3, -0.25) is 9.59 Å². The summed E-state index contributed by atoms with van der Waals surface area (Å²) < 4.78 is 18.1. The molecule has 1 saturated heterocycles. The van der Waals surface area contributed by atoms with Gasteiger partial charge in [0.05, 0.1) is 19.6 Å². The molecule has 8 heteroatoms. The number of halogens is 1. The van der Waals surface area contributed by atoms with Crippen LogP contribution in [-0.2, 0) is 20.9 Å². The maximum absolute atomic E-state index is 13.3. The van der Waals surface area contributed by atoms with Crippen LogP contribution in [0.1, 0.15) is 17.5 Å². The molecule has 1 heterocycles. The number of rotatable bonds is 10. The second-order valence-corrected chi connectivity index (χ2v) is 9.99. The van der Waals surface area contributed by atoms with Crippen LogP contribution < -0.4 is 9.47 Å². The second kappa shape index (κ2) is 12.8. The van der Waals surface area contributed by atoms with Gasteiger partial charge >= 0.3 is 0 Å². The number of nitrogens with zero attached hydrogens (tertiary/aromatic N) is 2. The molecular weight excluding hydrogens is 504 g/mol. The third-order valence-electron chi connectivity index (χ3n) is 6.52. The fraction of sp³-hybridized carbons (Fsp3) is 0.333. The molecule has 3 aromatic carbocycles. The maximum atomic E-state index is 13.3. The molecule has 0 radical (unpaired) electrons. The lowest BCUT2D eigenvalue weighted by atomic mass is 9.96. The molecule has 4 rings (SSSR count). The highest BCUT2D eigenvalue weighted by Crippen LogP contribution is 2.27. The van der Waals surface area contributed by atoms with Gasteiger partial charge in [0.1, 0.15) is 23.7 Å². The van der Waals surface area contributed by atoms with Crippen molar-refractivity contribution in [2.24, 2.45) is 0 Å². The quantitative estimate of drug-likeness (QED) is 0.374. The van der Waals surface area contributed by atoms with Crippen molar-refractivity contribution in [1.29, 1.82) is 0 Å². The van der Waals surface area contributed by atoms with Gasteiger partial charge in [-0.1, -0.05) is 60.1 Å². The molecule has 0 aliphatic carbocycles. The molecule has 1 fully saturated rings. The number of benzene rings is 3. The number of aryl methyl sites for hydroxylation is 1. The summed E-state index contributed by atoms with van der Waals surface area (Å²) >= 11 is 6.01. The van der Waals surface area contributed by atoms with Crippen LogP contribution in [-0.4, -0.2) is 67.2 Å². The number of amides is 2. The Labute approximate surface area is 228 Å². The average Bonchev–Trinajstić information content (AvgIpc) is 2.93. The molecule has 0 saturated carbocycles. The zero-order valence-electron chi connectivity index (χ0n) is 21.8. The van der Waals surface area contributed by atoms with Crippen LogP contribution in [0.25, 0.3) is 0 Å². The second-order valence-electron chi connectivity index (χ2n) is 9.56. The average molecular weight is 537 g/mol. The van der Waals surface area contributed by atoms with E-state index in [9.17, 15) is 9.59 Å². The Morgan fingerprint density at radius 3 is 2.45 bits per heavy atom. The highest BCUT2D eigenvalue weighted by atomic mass is 35.5. The number of carbonyl (C=O) groups is 2. The minimum Gasteiger partial charge on any atom is -0.490 e. The molecule has 2 amide bonds. The number of hydrogen-bond donors (Lipinski definition) is 0. The van der Waals surface area contributed by atoms with Crippen molar-refractivity contribution in [2.75, 3.05) is 40.0 Å². The van der Waals surface area contributed by atoms with Crippen molar-refractivity contribution in [3.8, 4) is 11.5 Å². The molecule has 0 N–H and O–H groups in total. The molecule has 1 aliphatic heterocycles. The molecule has 3 aromatic rings. The summed E-state index contributed by atoms with van der Waals surface area (Å²) in [6.45, 7) is 3.32. The van der Waals surface area contributed by atoms with Crippen LogP contribution in [0.15, 0.2) is 78.9 Å². The lowest BCUT2D eigenvalue weighted by Crippen LogP contribution is -2.58. The first-order chi connectivity index (χ1) is 18.3. The highest BCUT2D eigenvalue weighted by Gasteiger charge is 2.42. The van der Waals surface area contributed by atoms with Gasteiger partial charge in [0.25, 0.3) is 5.91 Å². The number of morpholine rings is 1. The first-order valence-electron chi connectivity index (χ1n) is 12.6. The smallest absolute Gasteiger partial charge is 0.260 e. The van der Waals surface area contributed by atoms with Gasteiger partial charge in [-0.15, -0.1) is 0 Å². The van der Waals surface area contributed by atoms with Crippen LogP contribution >= 0.6 is 11.6 Å². The fourth-order valence-corrected chi connectivity index (χ4v) is 4.48. The summed E-state index contributed by atoms with van der Waals surface area (Å²) in [5.41, 5.74) is 0.975. The number of para-hydroxylation sites is 1. The molecule has 38 heavy (non-hydrogen) atoms. The Kier molecular flexibility index (Phi) is 9.26. The number of hydrogen-bond acceptors (Lipinski definition) is 5. The lowest BCUT2D eigenvalue weighted by Gasteiger charge is -2.42. The molecule has 1 aliphatic rings. The van der Waals surface area contributed by atoms with Crippen LogP contribution in [0.4, 0.5) is 0 Å². The summed E-state index contributed by atoms with van der Waals surface area (Å²) in [5.74, 6) is 1.01. The number of ether oxygens (including phenoxy) is 3. The van der Waals surface area contributed by atoms with E-state index in [2.05, 4.69) is 0 Å². The van der Waals surface area contributed by atoms with E-state index in [1.54, 1.807) is 41.1 Å². The van der Waals surface area contributed by atoms with Crippen molar-refractivity contribution in [3.05, 3.63) is 95.0 Å². The Bertz CT molecular complexity index is 1220. The Hall–Kier alpha value is -3.55. The standard InChI is InChI=1S/C30H33ClN2O5/c1-23-8-6-7-11-27(23)36-20-29(35)33-16-17-38-30(21-33,22-37-26-14-12-25(31)13-15-26)18-28(34)32(2)19-24-9-4-3-5-10-24/h3-15H,16-22H2,1-2H3. The van der Waals surface area contributed by atoms with E-state index >= 15 is 0 Å². The highest BCUT2D eigenvalue weighted by molar-refractivity contribution is 6.30. The van der Waals surface area contributed by atoms with Crippen LogP contribution in [0.2, 0.25) is 5.02 Å². The maximum Gasteiger partial charge on any atom is 0.260 e.